The van der Waals surface area contributed by atoms with Crippen molar-refractivity contribution in [1.82, 2.24) is 0 Å². The minimum atomic E-state index is -0.556. The SMILES string of the molecule is C=CC1CCC2CC(C3CCC(C(=O)Oc4ccc(OC)cc4F)CC3)CCC2C1. The summed E-state index contributed by atoms with van der Waals surface area (Å²) in [6, 6.07) is 4.33. The lowest BCUT2D eigenvalue weighted by atomic mass is 9.61. The summed E-state index contributed by atoms with van der Waals surface area (Å²) in [5, 5.41) is 0. The zero-order chi connectivity index (χ0) is 21.1. The van der Waals surface area contributed by atoms with Crippen molar-refractivity contribution in [2.45, 2.75) is 64.2 Å². The van der Waals surface area contributed by atoms with E-state index in [2.05, 4.69) is 12.7 Å². The summed E-state index contributed by atoms with van der Waals surface area (Å²) in [5.74, 6) is 3.57. The first-order chi connectivity index (χ1) is 14.6. The monoisotopic (exact) mass is 414 g/mol. The van der Waals surface area contributed by atoms with Crippen molar-refractivity contribution in [3.8, 4) is 11.5 Å². The van der Waals surface area contributed by atoms with Gasteiger partial charge in [-0.2, -0.15) is 0 Å². The largest absolute Gasteiger partial charge is 0.497 e. The molecule has 4 unspecified atom stereocenters. The molecule has 0 heterocycles. The fourth-order valence-corrected chi connectivity index (χ4v) is 6.31. The van der Waals surface area contributed by atoms with E-state index in [4.69, 9.17) is 9.47 Å². The first kappa shape index (κ1) is 21.4. The standard InChI is InChI=1S/C26H35FO3/c1-3-17-4-5-22-15-21(11-10-20(22)14-17)18-6-8-19(9-7-18)26(28)30-25-13-12-23(29-2)16-24(25)27/h3,12-13,16-22H,1,4-11,14-15H2,2H3. The van der Waals surface area contributed by atoms with Crippen molar-refractivity contribution in [2.75, 3.05) is 7.11 Å². The van der Waals surface area contributed by atoms with Gasteiger partial charge in [-0.25, -0.2) is 4.39 Å². The van der Waals surface area contributed by atoms with Crippen LogP contribution >= 0.6 is 0 Å². The summed E-state index contributed by atoms with van der Waals surface area (Å²) in [4.78, 5) is 12.6. The van der Waals surface area contributed by atoms with Crippen LogP contribution in [0.1, 0.15) is 64.2 Å². The molecule has 4 atom stereocenters. The molecular formula is C26H35FO3. The van der Waals surface area contributed by atoms with Crippen molar-refractivity contribution in [1.29, 1.82) is 0 Å². The molecule has 0 N–H and O–H groups in total. The third-order valence-corrected chi connectivity index (χ3v) is 8.15. The van der Waals surface area contributed by atoms with Crippen LogP contribution in [-0.2, 0) is 4.79 Å². The Balaban J connectivity index is 1.26. The van der Waals surface area contributed by atoms with Gasteiger partial charge in [-0.3, -0.25) is 4.79 Å². The number of fused-ring (bicyclic) bond motifs is 1. The van der Waals surface area contributed by atoms with Crippen LogP contribution in [0, 0.1) is 41.3 Å². The van der Waals surface area contributed by atoms with E-state index in [1.165, 1.54) is 57.8 Å². The summed E-state index contributed by atoms with van der Waals surface area (Å²) in [6.07, 6.45) is 14.2. The second kappa shape index (κ2) is 9.53. The lowest BCUT2D eigenvalue weighted by Gasteiger charge is -2.45. The van der Waals surface area contributed by atoms with E-state index in [1.54, 1.807) is 6.07 Å². The number of methoxy groups -OCH3 is 1. The van der Waals surface area contributed by atoms with Crippen molar-refractivity contribution >= 4 is 5.97 Å². The summed E-state index contributed by atoms with van der Waals surface area (Å²) < 4.78 is 24.5. The van der Waals surface area contributed by atoms with Gasteiger partial charge in [0.2, 0.25) is 0 Å². The molecule has 0 saturated heterocycles. The molecule has 0 bridgehead atoms. The molecule has 3 saturated carbocycles. The van der Waals surface area contributed by atoms with Gasteiger partial charge in [-0.1, -0.05) is 6.08 Å². The molecule has 0 aliphatic heterocycles. The molecule has 3 fully saturated rings. The molecule has 0 spiro atoms. The average Bonchev–Trinajstić information content (AvgIpc) is 2.79. The molecule has 30 heavy (non-hydrogen) atoms. The Labute approximate surface area is 180 Å². The van der Waals surface area contributed by atoms with E-state index in [0.717, 1.165) is 55.3 Å². The predicted molar refractivity (Wildman–Crippen MR) is 116 cm³/mol. The highest BCUT2D eigenvalue weighted by atomic mass is 19.1. The maximum atomic E-state index is 14.1. The number of hydrogen-bond donors (Lipinski definition) is 0. The Morgan fingerprint density at radius 2 is 1.60 bits per heavy atom. The summed E-state index contributed by atoms with van der Waals surface area (Å²) in [6.45, 7) is 4.01. The molecule has 0 aromatic heterocycles. The average molecular weight is 415 g/mol. The van der Waals surface area contributed by atoms with Gasteiger partial charge < -0.3 is 9.47 Å². The van der Waals surface area contributed by atoms with Crippen molar-refractivity contribution < 1.29 is 18.7 Å². The molecule has 3 aliphatic rings. The number of allylic oxidation sites excluding steroid dienone is 1. The zero-order valence-electron chi connectivity index (χ0n) is 18.2. The Hall–Kier alpha value is -1.84. The van der Waals surface area contributed by atoms with Gasteiger partial charge in [-0.05, 0) is 106 Å². The maximum absolute atomic E-state index is 14.1. The molecule has 1 aromatic carbocycles. The van der Waals surface area contributed by atoms with Gasteiger partial charge in [0.15, 0.2) is 11.6 Å². The molecule has 4 rings (SSSR count). The summed E-state index contributed by atoms with van der Waals surface area (Å²) in [7, 11) is 1.48. The molecular weight excluding hydrogens is 379 g/mol. The Kier molecular flexibility index (Phi) is 6.80. The fourth-order valence-electron chi connectivity index (χ4n) is 6.31. The Bertz CT molecular complexity index is 753. The molecule has 1 aromatic rings. The number of hydrogen-bond acceptors (Lipinski definition) is 3. The summed E-state index contributed by atoms with van der Waals surface area (Å²) >= 11 is 0. The van der Waals surface area contributed by atoms with Crippen LogP contribution in [0.4, 0.5) is 4.39 Å². The van der Waals surface area contributed by atoms with Crippen LogP contribution in [0.3, 0.4) is 0 Å². The molecule has 0 amide bonds. The first-order valence-electron chi connectivity index (χ1n) is 11.7. The van der Waals surface area contributed by atoms with Crippen LogP contribution in [0.15, 0.2) is 30.9 Å². The number of carbonyl (C=O) groups excluding carboxylic acids is 1. The van der Waals surface area contributed by atoms with Crippen LogP contribution < -0.4 is 9.47 Å². The minimum Gasteiger partial charge on any atom is -0.497 e. The van der Waals surface area contributed by atoms with Gasteiger partial charge >= 0.3 is 5.97 Å². The number of ether oxygens (including phenoxy) is 2. The Morgan fingerprint density at radius 1 is 0.967 bits per heavy atom. The van der Waals surface area contributed by atoms with Crippen molar-refractivity contribution in [3.63, 3.8) is 0 Å². The van der Waals surface area contributed by atoms with E-state index in [1.807, 2.05) is 0 Å². The number of esters is 1. The van der Waals surface area contributed by atoms with Crippen molar-refractivity contribution in [2.24, 2.45) is 35.5 Å². The van der Waals surface area contributed by atoms with E-state index < -0.39 is 5.82 Å². The van der Waals surface area contributed by atoms with Crippen molar-refractivity contribution in [3.05, 3.63) is 36.7 Å². The highest BCUT2D eigenvalue weighted by Gasteiger charge is 2.39. The zero-order valence-corrected chi connectivity index (χ0v) is 18.2. The predicted octanol–water partition coefficient (Wildman–Crippen LogP) is 6.56. The number of rotatable bonds is 5. The minimum absolute atomic E-state index is 0.00336. The quantitative estimate of drug-likeness (QED) is 0.311. The molecule has 4 heteroatoms. The highest BCUT2D eigenvalue weighted by molar-refractivity contribution is 5.75. The van der Waals surface area contributed by atoms with Crippen LogP contribution in [0.2, 0.25) is 0 Å². The van der Waals surface area contributed by atoms with Gasteiger partial charge in [0.25, 0.3) is 0 Å². The first-order valence-corrected chi connectivity index (χ1v) is 11.7. The molecule has 0 radical (unpaired) electrons. The summed E-state index contributed by atoms with van der Waals surface area (Å²) in [5.41, 5.74) is 0. The lowest BCUT2D eigenvalue weighted by molar-refractivity contribution is -0.140. The van der Waals surface area contributed by atoms with Crippen LogP contribution in [0.5, 0.6) is 11.5 Å². The van der Waals surface area contributed by atoms with E-state index >= 15 is 0 Å². The second-order valence-electron chi connectivity index (χ2n) is 9.73. The van der Waals surface area contributed by atoms with E-state index in [-0.39, 0.29) is 17.6 Å². The lowest BCUT2D eigenvalue weighted by Crippen LogP contribution is -2.35. The fraction of sp³-hybridized carbons (Fsp3) is 0.654. The third-order valence-electron chi connectivity index (χ3n) is 8.15. The van der Waals surface area contributed by atoms with Gasteiger partial charge in [0, 0.05) is 6.07 Å². The van der Waals surface area contributed by atoms with Gasteiger partial charge in [0.05, 0.1) is 13.0 Å². The number of benzene rings is 1. The number of carbonyl (C=O) groups is 1. The smallest absolute Gasteiger partial charge is 0.314 e. The number of halogens is 1. The molecule has 3 aliphatic carbocycles. The molecule has 164 valence electrons. The molecule has 3 nitrogen and oxygen atoms in total. The van der Waals surface area contributed by atoms with E-state index in [9.17, 15) is 9.18 Å². The van der Waals surface area contributed by atoms with E-state index in [0.29, 0.717) is 5.75 Å². The third kappa shape index (κ3) is 4.73. The Morgan fingerprint density at radius 3 is 2.27 bits per heavy atom. The van der Waals surface area contributed by atoms with Crippen LogP contribution in [-0.4, -0.2) is 13.1 Å². The topological polar surface area (TPSA) is 35.5 Å². The van der Waals surface area contributed by atoms with Crippen LogP contribution in [0.25, 0.3) is 0 Å². The normalized spacial score (nSPS) is 33.9. The van der Waals surface area contributed by atoms with Gasteiger partial charge in [0.1, 0.15) is 5.75 Å². The highest BCUT2D eigenvalue weighted by Crippen LogP contribution is 2.49. The maximum Gasteiger partial charge on any atom is 0.314 e. The van der Waals surface area contributed by atoms with Gasteiger partial charge in [-0.15, -0.1) is 6.58 Å². The second-order valence-corrected chi connectivity index (χ2v) is 9.73.